The minimum Gasteiger partial charge on any atom is -0.465 e. The Labute approximate surface area is 206 Å². The molecule has 2 heterocycles. The van der Waals surface area contributed by atoms with Crippen LogP contribution in [0.15, 0.2) is 48.7 Å². The Morgan fingerprint density at radius 3 is 2.31 bits per heavy atom. The number of hydrogen-bond donors (Lipinski definition) is 0. The number of methoxy groups -OCH3 is 1. The zero-order chi connectivity index (χ0) is 24.5. The summed E-state index contributed by atoms with van der Waals surface area (Å²) in [5.41, 5.74) is 5.28. The molecule has 35 heavy (non-hydrogen) atoms. The van der Waals surface area contributed by atoms with Crippen molar-refractivity contribution in [2.75, 3.05) is 45.7 Å². The number of pyridine rings is 1. The van der Waals surface area contributed by atoms with Crippen LogP contribution >= 0.6 is 0 Å². The lowest BCUT2D eigenvalue weighted by atomic mass is 9.93. The van der Waals surface area contributed by atoms with Gasteiger partial charge in [-0.05, 0) is 81.1 Å². The summed E-state index contributed by atoms with van der Waals surface area (Å²) in [6.45, 7) is 2.99. The Hall–Kier alpha value is -3.25. The third-order valence-electron chi connectivity index (χ3n) is 7.25. The number of hydrogen-bond acceptors (Lipinski definition) is 6. The molecule has 3 aromatic rings. The summed E-state index contributed by atoms with van der Waals surface area (Å²) in [7, 11) is 5.65. The van der Waals surface area contributed by atoms with E-state index in [-0.39, 0.29) is 17.7 Å². The number of rotatable bonds is 7. The molecule has 1 aliphatic carbocycles. The van der Waals surface area contributed by atoms with Crippen molar-refractivity contribution in [1.82, 2.24) is 9.88 Å². The Morgan fingerprint density at radius 2 is 1.69 bits per heavy atom. The number of ketones is 1. The second-order valence-electron chi connectivity index (χ2n) is 10.2. The van der Waals surface area contributed by atoms with Gasteiger partial charge in [0.15, 0.2) is 5.78 Å². The monoisotopic (exact) mass is 471 g/mol. The van der Waals surface area contributed by atoms with Crippen molar-refractivity contribution in [2.45, 2.75) is 25.7 Å². The molecule has 0 amide bonds. The van der Waals surface area contributed by atoms with Gasteiger partial charge in [0.1, 0.15) is 0 Å². The zero-order valence-corrected chi connectivity index (χ0v) is 20.8. The number of Topliss-reactive ketones (excluding diaryl/α,β-unsaturated/α-hetero) is 1. The molecule has 1 aromatic heterocycles. The van der Waals surface area contributed by atoms with E-state index in [4.69, 9.17) is 9.72 Å². The lowest BCUT2D eigenvalue weighted by Gasteiger charge is -2.36. The van der Waals surface area contributed by atoms with E-state index >= 15 is 0 Å². The van der Waals surface area contributed by atoms with Crippen LogP contribution in [0.3, 0.4) is 0 Å². The molecule has 0 bridgehead atoms. The summed E-state index contributed by atoms with van der Waals surface area (Å²) in [4.78, 5) is 34.5. The number of carbonyl (C=O) groups excluding carboxylic acids is 2. The molecule has 2 aliphatic rings. The summed E-state index contributed by atoms with van der Waals surface area (Å²) in [6.07, 6.45) is 6.00. The lowest BCUT2D eigenvalue weighted by Crippen LogP contribution is -2.38. The summed E-state index contributed by atoms with van der Waals surface area (Å²) in [5, 5.41) is 1.03. The summed E-state index contributed by atoms with van der Waals surface area (Å²) in [5.74, 6) is 0.717. The van der Waals surface area contributed by atoms with E-state index in [1.54, 1.807) is 18.3 Å². The summed E-state index contributed by atoms with van der Waals surface area (Å²) >= 11 is 0. The highest BCUT2D eigenvalue weighted by atomic mass is 16.5. The fraction of sp³-hybridized carbons (Fsp3) is 0.414. The lowest BCUT2D eigenvalue weighted by molar-refractivity contribution is 0.0600. The van der Waals surface area contributed by atoms with E-state index in [0.29, 0.717) is 11.5 Å². The Morgan fingerprint density at radius 1 is 1.00 bits per heavy atom. The highest BCUT2D eigenvalue weighted by molar-refractivity contribution is 6.10. The first-order valence-electron chi connectivity index (χ1n) is 12.5. The van der Waals surface area contributed by atoms with Crippen LogP contribution in [0.25, 0.3) is 22.0 Å². The van der Waals surface area contributed by atoms with Gasteiger partial charge in [0, 0.05) is 37.1 Å². The van der Waals surface area contributed by atoms with Crippen LogP contribution in [-0.2, 0) is 4.74 Å². The number of nitrogens with zero attached hydrogens (tertiary/aromatic N) is 3. The maximum absolute atomic E-state index is 13.3. The fourth-order valence-electron chi connectivity index (χ4n) is 5.22. The first-order valence-corrected chi connectivity index (χ1v) is 12.5. The fourth-order valence-corrected chi connectivity index (χ4v) is 5.22. The van der Waals surface area contributed by atoms with Crippen LogP contribution in [0.5, 0.6) is 0 Å². The largest absolute Gasteiger partial charge is 0.465 e. The van der Waals surface area contributed by atoms with Gasteiger partial charge >= 0.3 is 5.97 Å². The van der Waals surface area contributed by atoms with Crippen molar-refractivity contribution in [1.29, 1.82) is 0 Å². The number of ether oxygens (including phenoxy) is 1. The van der Waals surface area contributed by atoms with Gasteiger partial charge in [-0.15, -0.1) is 0 Å². The van der Waals surface area contributed by atoms with Gasteiger partial charge in [0.2, 0.25) is 0 Å². The molecular formula is C29H33N3O3. The van der Waals surface area contributed by atoms with Gasteiger partial charge in [-0.1, -0.05) is 18.2 Å². The first kappa shape index (κ1) is 23.5. The molecule has 1 saturated heterocycles. The van der Waals surface area contributed by atoms with Crippen LogP contribution in [0.1, 0.15) is 46.4 Å². The predicted molar refractivity (Wildman–Crippen MR) is 139 cm³/mol. The van der Waals surface area contributed by atoms with Crippen LogP contribution < -0.4 is 4.90 Å². The molecule has 1 aliphatic heterocycles. The molecule has 6 nitrogen and oxygen atoms in total. The minimum absolute atomic E-state index is 0.147. The van der Waals surface area contributed by atoms with Crippen molar-refractivity contribution >= 4 is 28.3 Å². The second-order valence-corrected chi connectivity index (χ2v) is 10.2. The third-order valence-corrected chi connectivity index (χ3v) is 7.25. The normalized spacial score (nSPS) is 16.6. The Bertz CT molecular complexity index is 1240. The molecule has 0 N–H and O–H groups in total. The van der Waals surface area contributed by atoms with Crippen LogP contribution in [0, 0.1) is 11.8 Å². The molecule has 0 radical (unpaired) electrons. The topological polar surface area (TPSA) is 62.7 Å². The standard InChI is InChI=1S/C29H33N3O3/c1-31(2)18-19-12-14-32(15-13-19)27-24-16-23(20-4-8-22(9-5-20)29(34)35-3)10-11-26(24)30-17-25(27)28(33)21-6-7-21/h4-5,8-11,16-17,19,21H,6-7,12-15,18H2,1-3H3. The molecule has 2 fully saturated rings. The highest BCUT2D eigenvalue weighted by Crippen LogP contribution is 2.40. The van der Waals surface area contributed by atoms with E-state index in [2.05, 4.69) is 36.0 Å². The average Bonchev–Trinajstić information content (AvgIpc) is 3.73. The summed E-state index contributed by atoms with van der Waals surface area (Å²) < 4.78 is 4.82. The van der Waals surface area contributed by atoms with E-state index in [1.807, 2.05) is 18.2 Å². The molecule has 1 saturated carbocycles. The number of fused-ring (bicyclic) bond motifs is 1. The van der Waals surface area contributed by atoms with Crippen molar-refractivity contribution < 1.29 is 14.3 Å². The van der Waals surface area contributed by atoms with Crippen LogP contribution in [0.2, 0.25) is 0 Å². The number of anilines is 1. The molecule has 6 heteroatoms. The van der Waals surface area contributed by atoms with Gasteiger partial charge in [-0.2, -0.15) is 0 Å². The molecular weight excluding hydrogens is 438 g/mol. The van der Waals surface area contributed by atoms with Gasteiger partial charge in [0.25, 0.3) is 0 Å². The molecule has 0 spiro atoms. The zero-order valence-electron chi connectivity index (χ0n) is 20.8. The third kappa shape index (κ3) is 4.94. The maximum Gasteiger partial charge on any atom is 0.337 e. The van der Waals surface area contributed by atoms with Gasteiger partial charge < -0.3 is 14.5 Å². The number of aromatic nitrogens is 1. The average molecular weight is 472 g/mol. The van der Waals surface area contributed by atoms with E-state index in [0.717, 1.165) is 78.6 Å². The smallest absolute Gasteiger partial charge is 0.337 e. The predicted octanol–water partition coefficient (Wildman–Crippen LogP) is 5.06. The Kier molecular flexibility index (Phi) is 6.56. The van der Waals surface area contributed by atoms with Crippen molar-refractivity contribution in [2.24, 2.45) is 11.8 Å². The SMILES string of the molecule is COC(=O)c1ccc(-c2ccc3ncc(C(=O)C4CC4)c(N4CCC(CN(C)C)CC4)c3c2)cc1. The first-order chi connectivity index (χ1) is 16.9. The number of carbonyl (C=O) groups is 2. The van der Waals surface area contributed by atoms with Gasteiger partial charge in [-0.3, -0.25) is 9.78 Å². The number of piperidine rings is 1. The maximum atomic E-state index is 13.3. The Balaban J connectivity index is 1.54. The molecule has 182 valence electrons. The molecule has 0 unspecified atom stereocenters. The molecule has 5 rings (SSSR count). The van der Waals surface area contributed by atoms with Gasteiger partial charge in [-0.25, -0.2) is 4.79 Å². The number of esters is 1. The van der Waals surface area contributed by atoms with E-state index in [9.17, 15) is 9.59 Å². The molecule has 2 aromatic carbocycles. The van der Waals surface area contributed by atoms with Crippen molar-refractivity contribution in [3.63, 3.8) is 0 Å². The summed E-state index contributed by atoms with van der Waals surface area (Å²) in [6, 6.07) is 13.7. The van der Waals surface area contributed by atoms with E-state index < -0.39 is 0 Å². The second kappa shape index (κ2) is 9.78. The van der Waals surface area contributed by atoms with E-state index in [1.165, 1.54) is 7.11 Å². The number of benzene rings is 2. The van der Waals surface area contributed by atoms with Crippen molar-refractivity contribution in [3.05, 3.63) is 59.8 Å². The van der Waals surface area contributed by atoms with Crippen LogP contribution in [-0.4, -0.2) is 62.5 Å². The van der Waals surface area contributed by atoms with Gasteiger partial charge in [0.05, 0.1) is 29.4 Å². The van der Waals surface area contributed by atoms with Crippen LogP contribution in [0.4, 0.5) is 5.69 Å². The molecule has 0 atom stereocenters. The minimum atomic E-state index is -0.345. The van der Waals surface area contributed by atoms with Crippen molar-refractivity contribution in [3.8, 4) is 11.1 Å². The quantitative estimate of drug-likeness (QED) is 0.355. The highest BCUT2D eigenvalue weighted by Gasteiger charge is 2.34.